The van der Waals surface area contributed by atoms with Crippen molar-refractivity contribution in [3.05, 3.63) is 346 Å². The fraction of sp³-hybridized carbons (Fsp3) is 0.0411. The maximum Gasteiger partial charge on any atom is 0.137 e. The van der Waals surface area contributed by atoms with Gasteiger partial charge in [-0.3, -0.25) is 9.80 Å². The number of nitrogens with zero attached hydrogens (tertiary/aromatic N) is 4. The van der Waals surface area contributed by atoms with Crippen molar-refractivity contribution in [1.82, 2.24) is 9.97 Å². The number of benzene rings is 10. The average Bonchev–Trinajstić information content (AvgIpc) is 3.51. The number of hydrogen-bond donors (Lipinski definition) is 0. The van der Waals surface area contributed by atoms with Crippen molar-refractivity contribution in [3.63, 3.8) is 0 Å². The molecule has 0 fully saturated rings. The van der Waals surface area contributed by atoms with E-state index >= 15 is 0 Å². The lowest BCUT2D eigenvalue weighted by Crippen LogP contribution is -2.37. The molecule has 4 heterocycles. The van der Waals surface area contributed by atoms with Gasteiger partial charge in [0, 0.05) is 12.4 Å². The maximum absolute atomic E-state index is 5.00. The number of para-hydroxylation sites is 4. The lowest BCUT2D eigenvalue weighted by molar-refractivity contribution is 0.736. The Balaban J connectivity index is 1.01. The number of aromatic nitrogens is 2. The molecule has 0 bridgehead atoms. The van der Waals surface area contributed by atoms with Gasteiger partial charge in [-0.2, -0.15) is 0 Å². The molecule has 2 aromatic heterocycles. The molecule has 358 valence electrons. The summed E-state index contributed by atoms with van der Waals surface area (Å²) in [6.07, 6.45) is 3.80. The Labute approximate surface area is 447 Å². The molecule has 10 aromatic carbocycles. The molecule has 2 aliphatic heterocycles. The third kappa shape index (κ3) is 5.13. The van der Waals surface area contributed by atoms with Crippen LogP contribution >= 0.6 is 0 Å². The number of rotatable bonds is 4. The van der Waals surface area contributed by atoms with Gasteiger partial charge in [0.15, 0.2) is 0 Å². The molecule has 0 amide bonds. The summed E-state index contributed by atoms with van der Waals surface area (Å²) in [5, 5.41) is 0. The molecule has 3 aliphatic carbocycles. The normalized spacial score (nSPS) is 15.3. The average molecular weight is 979 g/mol. The highest BCUT2D eigenvalue weighted by molar-refractivity contribution is 6.02. The summed E-state index contributed by atoms with van der Waals surface area (Å²) >= 11 is 0. The molecule has 0 saturated carbocycles. The van der Waals surface area contributed by atoms with Gasteiger partial charge in [-0.15, -0.1) is 0 Å². The van der Waals surface area contributed by atoms with E-state index in [1.807, 2.05) is 24.5 Å². The first-order valence-electron chi connectivity index (χ1n) is 26.7. The summed E-state index contributed by atoms with van der Waals surface area (Å²) in [6.45, 7) is 0. The molecule has 0 unspecified atom stereocenters. The largest absolute Gasteiger partial charge is 0.294 e. The number of hydrogen-bond acceptors (Lipinski definition) is 4. The van der Waals surface area contributed by atoms with Gasteiger partial charge in [-0.1, -0.05) is 218 Å². The second kappa shape index (κ2) is 15.6. The van der Waals surface area contributed by atoms with Crippen molar-refractivity contribution < 1.29 is 0 Å². The Morgan fingerprint density at radius 3 is 0.779 bits per heavy atom. The summed E-state index contributed by atoms with van der Waals surface area (Å²) < 4.78 is 0. The smallest absolute Gasteiger partial charge is 0.137 e. The molecular formula is C73H46N4. The monoisotopic (exact) mass is 978 g/mol. The fourth-order valence-electron chi connectivity index (χ4n) is 15.4. The SMILES string of the molecule is c1ccc(N2c3ccccc3C3(c4ccccc4-c4c3cccc4C3(c4cccc5c4-c4ccccc4C54c5ccccc5N(c5ccccn5)c5ccccc54)c4ccccc4-c4ccccc43)c3ccccc32)nc1. The van der Waals surface area contributed by atoms with Gasteiger partial charge in [0.2, 0.25) is 0 Å². The van der Waals surface area contributed by atoms with Crippen LogP contribution in [0.2, 0.25) is 0 Å². The van der Waals surface area contributed by atoms with Crippen LogP contribution in [-0.4, -0.2) is 9.97 Å². The Kier molecular flexibility index (Phi) is 8.59. The van der Waals surface area contributed by atoms with Crippen LogP contribution in [0.1, 0.15) is 66.8 Å². The van der Waals surface area contributed by atoms with E-state index in [4.69, 9.17) is 9.97 Å². The van der Waals surface area contributed by atoms with Crippen LogP contribution in [0.15, 0.2) is 279 Å². The first-order chi connectivity index (χ1) is 38.3. The Morgan fingerprint density at radius 2 is 0.455 bits per heavy atom. The molecule has 4 nitrogen and oxygen atoms in total. The second-order valence-corrected chi connectivity index (χ2v) is 21.0. The van der Waals surface area contributed by atoms with Crippen molar-refractivity contribution in [1.29, 1.82) is 0 Å². The van der Waals surface area contributed by atoms with Crippen LogP contribution in [0.5, 0.6) is 0 Å². The van der Waals surface area contributed by atoms with E-state index in [-0.39, 0.29) is 0 Å². The molecule has 4 heteroatoms. The van der Waals surface area contributed by atoms with Gasteiger partial charge in [-0.05, 0) is 149 Å². The molecule has 12 aromatic rings. The van der Waals surface area contributed by atoms with Gasteiger partial charge in [0.1, 0.15) is 11.6 Å². The molecule has 17 rings (SSSR count). The van der Waals surface area contributed by atoms with Gasteiger partial charge < -0.3 is 0 Å². The third-order valence-electron chi connectivity index (χ3n) is 17.9. The van der Waals surface area contributed by atoms with Crippen molar-refractivity contribution in [3.8, 4) is 33.4 Å². The topological polar surface area (TPSA) is 32.3 Å². The van der Waals surface area contributed by atoms with Crippen LogP contribution in [-0.2, 0) is 16.2 Å². The van der Waals surface area contributed by atoms with Gasteiger partial charge in [0.25, 0.3) is 0 Å². The highest BCUT2D eigenvalue weighted by atomic mass is 15.2. The minimum atomic E-state index is -0.789. The lowest BCUT2D eigenvalue weighted by atomic mass is 9.61. The number of fused-ring (bicyclic) bond motifs is 21. The van der Waals surface area contributed by atoms with E-state index in [0.29, 0.717) is 0 Å². The molecule has 0 saturated heterocycles. The molecule has 0 radical (unpaired) electrons. The predicted molar refractivity (Wildman–Crippen MR) is 310 cm³/mol. The van der Waals surface area contributed by atoms with Crippen molar-refractivity contribution in [2.45, 2.75) is 16.2 Å². The molecule has 77 heavy (non-hydrogen) atoms. The third-order valence-corrected chi connectivity index (χ3v) is 17.9. The van der Waals surface area contributed by atoms with E-state index < -0.39 is 16.2 Å². The first-order valence-corrected chi connectivity index (χ1v) is 26.7. The lowest BCUT2D eigenvalue weighted by Gasteiger charge is -2.45. The van der Waals surface area contributed by atoms with Crippen LogP contribution in [0.25, 0.3) is 33.4 Å². The second-order valence-electron chi connectivity index (χ2n) is 21.0. The Bertz CT molecular complexity index is 4060. The van der Waals surface area contributed by atoms with Crippen LogP contribution in [0, 0.1) is 0 Å². The van der Waals surface area contributed by atoms with Gasteiger partial charge in [0.05, 0.1) is 39.0 Å². The number of anilines is 6. The number of pyridine rings is 2. The van der Waals surface area contributed by atoms with Crippen molar-refractivity contribution in [2.24, 2.45) is 0 Å². The zero-order chi connectivity index (χ0) is 50.5. The summed E-state index contributed by atoms with van der Waals surface area (Å²) in [4.78, 5) is 14.7. The zero-order valence-corrected chi connectivity index (χ0v) is 41.8. The van der Waals surface area contributed by atoms with Crippen LogP contribution in [0.3, 0.4) is 0 Å². The van der Waals surface area contributed by atoms with Gasteiger partial charge >= 0.3 is 0 Å². The first kappa shape index (κ1) is 42.5. The van der Waals surface area contributed by atoms with E-state index in [9.17, 15) is 0 Å². The van der Waals surface area contributed by atoms with E-state index in [0.717, 1.165) is 34.4 Å². The minimum Gasteiger partial charge on any atom is -0.294 e. The van der Waals surface area contributed by atoms with Crippen LogP contribution in [0.4, 0.5) is 34.4 Å². The summed E-state index contributed by atoms with van der Waals surface area (Å²) in [7, 11) is 0. The molecule has 2 spiro atoms. The van der Waals surface area contributed by atoms with E-state index in [1.165, 1.54) is 100 Å². The fourth-order valence-corrected chi connectivity index (χ4v) is 15.4. The van der Waals surface area contributed by atoms with Crippen LogP contribution < -0.4 is 9.80 Å². The van der Waals surface area contributed by atoms with Crippen molar-refractivity contribution in [2.75, 3.05) is 9.80 Å². The maximum atomic E-state index is 5.00. The quantitative estimate of drug-likeness (QED) is 0.176. The summed E-state index contributed by atoms with van der Waals surface area (Å²) in [6, 6.07) is 100. The Morgan fingerprint density at radius 1 is 0.208 bits per heavy atom. The van der Waals surface area contributed by atoms with Crippen molar-refractivity contribution >= 4 is 34.4 Å². The van der Waals surface area contributed by atoms with E-state index in [1.54, 1.807) is 0 Å². The zero-order valence-electron chi connectivity index (χ0n) is 41.8. The molecule has 0 N–H and O–H groups in total. The summed E-state index contributed by atoms with van der Waals surface area (Å²) in [5.41, 5.74) is 25.2. The highest BCUT2D eigenvalue weighted by Crippen LogP contribution is 2.70. The summed E-state index contributed by atoms with van der Waals surface area (Å²) in [5.74, 6) is 1.79. The van der Waals surface area contributed by atoms with Gasteiger partial charge in [-0.25, -0.2) is 9.97 Å². The predicted octanol–water partition coefficient (Wildman–Crippen LogP) is 17.1. The molecule has 5 aliphatic rings. The minimum absolute atomic E-state index is 0.663. The Hall–Kier alpha value is -9.90. The standard InChI is InChI=1S/C73H46N4/c1-5-27-51-47(23-1)48-24-2-6-28-52(48)71(51,59-35-21-37-61-69(59)49-25-3-7-29-53(49)72(61)55-31-9-13-39-63(55)76(67-43-17-19-45-74-67)64-40-14-10-32-56(64)72)60-36-22-38-62-70(60)50-26-4-8-30-54(50)73(62)57-33-11-15-41-65(57)77(68-44-18-20-46-75-68)66-42-16-12-34-58(66)73/h1-46H. The highest BCUT2D eigenvalue weighted by Gasteiger charge is 2.58. The molecule has 0 atom stereocenters. The van der Waals surface area contributed by atoms with E-state index in [2.05, 4.69) is 265 Å². The molecular weight excluding hydrogens is 933 g/mol.